The fourth-order valence-corrected chi connectivity index (χ4v) is 3.10. The highest BCUT2D eigenvalue weighted by Gasteiger charge is 2.22. The van der Waals surface area contributed by atoms with Crippen LogP contribution in [0, 0.1) is 11.3 Å². The van der Waals surface area contributed by atoms with E-state index in [0.29, 0.717) is 0 Å². The molecule has 1 aliphatic heterocycles. The predicted octanol–water partition coefficient (Wildman–Crippen LogP) is 4.04. The number of nitrogens with zero attached hydrogens (tertiary/aromatic N) is 3. The van der Waals surface area contributed by atoms with Crippen LogP contribution in [0.15, 0.2) is 42.5 Å². The molecule has 0 bridgehead atoms. The molecule has 0 atom stereocenters. The number of likely N-dealkylation sites (N-methyl/N-ethyl adjacent to an activating group) is 1. The first-order valence-corrected chi connectivity index (χ1v) is 8.03. The number of anilines is 3. The molecular formula is C17H16BrN3. The zero-order valence-corrected chi connectivity index (χ0v) is 13.5. The molecule has 3 rings (SSSR count). The van der Waals surface area contributed by atoms with Gasteiger partial charge in [-0.15, -0.1) is 0 Å². The predicted molar refractivity (Wildman–Crippen MR) is 90.5 cm³/mol. The van der Waals surface area contributed by atoms with Gasteiger partial charge in [0.25, 0.3) is 0 Å². The third kappa shape index (κ3) is 2.50. The van der Waals surface area contributed by atoms with Gasteiger partial charge in [-0.25, -0.2) is 0 Å². The minimum atomic E-state index is 0.728. The van der Waals surface area contributed by atoms with Gasteiger partial charge >= 0.3 is 0 Å². The van der Waals surface area contributed by atoms with Crippen LogP contribution >= 0.6 is 15.9 Å². The van der Waals surface area contributed by atoms with E-state index < -0.39 is 0 Å². The van der Waals surface area contributed by atoms with Gasteiger partial charge in [0, 0.05) is 25.5 Å². The zero-order valence-electron chi connectivity index (χ0n) is 11.9. The first kappa shape index (κ1) is 14.0. The molecule has 3 nitrogen and oxygen atoms in total. The van der Waals surface area contributed by atoms with Crippen LogP contribution in [0.4, 0.5) is 17.1 Å². The minimum Gasteiger partial charge on any atom is -0.371 e. The number of halogens is 1. The molecule has 0 spiro atoms. The fraction of sp³-hybridized carbons (Fsp3) is 0.235. The Balaban J connectivity index is 2.10. The van der Waals surface area contributed by atoms with Crippen molar-refractivity contribution in [3.05, 3.63) is 53.6 Å². The lowest BCUT2D eigenvalue weighted by molar-refractivity contribution is 0.821. The summed E-state index contributed by atoms with van der Waals surface area (Å²) in [6, 6.07) is 16.8. The van der Waals surface area contributed by atoms with Crippen LogP contribution in [0.1, 0.15) is 11.1 Å². The largest absolute Gasteiger partial charge is 0.371 e. The normalized spacial score (nSPS) is 13.8. The molecule has 2 aromatic carbocycles. The molecular weight excluding hydrogens is 326 g/mol. The Labute approximate surface area is 133 Å². The fourth-order valence-electron chi connectivity index (χ4n) is 2.75. The van der Waals surface area contributed by atoms with Crippen LogP contribution in [-0.4, -0.2) is 20.1 Å². The Kier molecular flexibility index (Phi) is 3.85. The molecule has 1 heterocycles. The van der Waals surface area contributed by atoms with E-state index in [1.54, 1.807) is 0 Å². The summed E-state index contributed by atoms with van der Waals surface area (Å²) < 4.78 is 0. The molecule has 1 aliphatic rings. The maximum atomic E-state index is 9.47. The molecule has 0 fully saturated rings. The quantitative estimate of drug-likeness (QED) is 0.772. The monoisotopic (exact) mass is 341 g/mol. The van der Waals surface area contributed by atoms with Crippen molar-refractivity contribution in [2.24, 2.45) is 0 Å². The Bertz CT molecular complexity index is 705. The summed E-state index contributed by atoms with van der Waals surface area (Å²) in [6.45, 7) is 1.83. The van der Waals surface area contributed by atoms with Crippen molar-refractivity contribution in [1.29, 1.82) is 5.26 Å². The van der Waals surface area contributed by atoms with Crippen molar-refractivity contribution >= 4 is 33.0 Å². The zero-order chi connectivity index (χ0) is 14.8. The number of hydrogen-bond acceptors (Lipinski definition) is 3. The number of para-hydroxylation sites is 2. The summed E-state index contributed by atoms with van der Waals surface area (Å²) >= 11 is 3.45. The number of rotatable bonds is 2. The van der Waals surface area contributed by atoms with E-state index >= 15 is 0 Å². The molecule has 106 valence electrons. The molecule has 0 amide bonds. The number of fused-ring (bicyclic) bond motifs is 1. The van der Waals surface area contributed by atoms with Gasteiger partial charge < -0.3 is 9.80 Å². The van der Waals surface area contributed by atoms with Crippen molar-refractivity contribution in [1.82, 2.24) is 0 Å². The van der Waals surface area contributed by atoms with Crippen LogP contribution in [0.25, 0.3) is 0 Å². The minimum absolute atomic E-state index is 0.728. The van der Waals surface area contributed by atoms with Crippen molar-refractivity contribution in [2.45, 2.75) is 5.33 Å². The van der Waals surface area contributed by atoms with Crippen LogP contribution in [-0.2, 0) is 5.33 Å². The maximum Gasteiger partial charge on any atom is 0.101 e. The lowest BCUT2D eigenvalue weighted by Crippen LogP contribution is -2.36. The van der Waals surface area contributed by atoms with Gasteiger partial charge in [-0.3, -0.25) is 0 Å². The topological polar surface area (TPSA) is 30.3 Å². The lowest BCUT2D eigenvalue weighted by atomic mass is 10.1. The summed E-state index contributed by atoms with van der Waals surface area (Å²) in [5.74, 6) is 0. The van der Waals surface area contributed by atoms with Gasteiger partial charge in [0.15, 0.2) is 0 Å². The van der Waals surface area contributed by atoms with Crippen molar-refractivity contribution in [3.63, 3.8) is 0 Å². The highest BCUT2D eigenvalue weighted by atomic mass is 79.9. The number of benzene rings is 2. The Hall–Kier alpha value is -1.99. The van der Waals surface area contributed by atoms with Gasteiger partial charge in [0.1, 0.15) is 6.07 Å². The van der Waals surface area contributed by atoms with E-state index in [0.717, 1.165) is 40.9 Å². The number of alkyl halides is 1. The van der Waals surface area contributed by atoms with E-state index in [4.69, 9.17) is 0 Å². The third-order valence-corrected chi connectivity index (χ3v) is 4.52. The summed E-state index contributed by atoms with van der Waals surface area (Å²) in [7, 11) is 2.11. The molecule has 21 heavy (non-hydrogen) atoms. The van der Waals surface area contributed by atoms with E-state index in [2.05, 4.69) is 69.2 Å². The van der Waals surface area contributed by atoms with E-state index in [9.17, 15) is 5.26 Å². The molecule has 4 heteroatoms. The van der Waals surface area contributed by atoms with E-state index in [-0.39, 0.29) is 0 Å². The smallest absolute Gasteiger partial charge is 0.101 e. The van der Waals surface area contributed by atoms with Crippen LogP contribution in [0.3, 0.4) is 0 Å². The summed E-state index contributed by atoms with van der Waals surface area (Å²) in [4.78, 5) is 4.50. The third-order valence-electron chi connectivity index (χ3n) is 3.87. The average molecular weight is 342 g/mol. The second kappa shape index (κ2) is 5.79. The highest BCUT2D eigenvalue weighted by Crippen LogP contribution is 2.38. The van der Waals surface area contributed by atoms with Crippen LogP contribution < -0.4 is 9.80 Å². The molecule has 0 N–H and O–H groups in total. The Morgan fingerprint density at radius 3 is 2.57 bits per heavy atom. The van der Waals surface area contributed by atoms with Crippen molar-refractivity contribution < 1.29 is 0 Å². The lowest BCUT2D eigenvalue weighted by Gasteiger charge is -2.37. The number of hydrogen-bond donors (Lipinski definition) is 0. The van der Waals surface area contributed by atoms with Crippen LogP contribution in [0.2, 0.25) is 0 Å². The maximum absolute atomic E-state index is 9.47. The molecule has 0 aromatic heterocycles. The molecule has 0 saturated carbocycles. The van der Waals surface area contributed by atoms with Gasteiger partial charge in [0.05, 0.1) is 22.6 Å². The first-order chi connectivity index (χ1) is 10.2. The van der Waals surface area contributed by atoms with E-state index in [1.807, 2.05) is 12.1 Å². The highest BCUT2D eigenvalue weighted by molar-refractivity contribution is 9.08. The molecule has 2 aromatic rings. The Morgan fingerprint density at radius 2 is 1.86 bits per heavy atom. The summed E-state index contributed by atoms with van der Waals surface area (Å²) in [6.07, 6.45) is 0. The van der Waals surface area contributed by atoms with Crippen LogP contribution in [0.5, 0.6) is 0 Å². The van der Waals surface area contributed by atoms with Crippen molar-refractivity contribution in [2.75, 3.05) is 29.9 Å². The molecule has 0 saturated heterocycles. The summed E-state index contributed by atoms with van der Waals surface area (Å²) in [5.41, 5.74) is 5.21. The van der Waals surface area contributed by atoms with Gasteiger partial charge in [-0.05, 0) is 29.8 Å². The second-order valence-corrected chi connectivity index (χ2v) is 5.72. The second-order valence-electron chi connectivity index (χ2n) is 5.16. The van der Waals surface area contributed by atoms with Gasteiger partial charge in [-0.2, -0.15) is 5.26 Å². The van der Waals surface area contributed by atoms with Gasteiger partial charge in [-0.1, -0.05) is 34.1 Å². The summed E-state index contributed by atoms with van der Waals surface area (Å²) in [5, 5.41) is 10.2. The Morgan fingerprint density at radius 1 is 1.10 bits per heavy atom. The molecule has 0 unspecified atom stereocenters. The standard InChI is InChI=1S/C17H16BrN3/c1-20-8-9-21(17-5-3-2-4-16(17)20)15-7-6-13(11-18)10-14(15)12-19/h2-7,10H,8-9,11H2,1H3. The van der Waals surface area contributed by atoms with E-state index in [1.165, 1.54) is 5.69 Å². The first-order valence-electron chi connectivity index (χ1n) is 6.91. The SMILES string of the molecule is CN1CCN(c2ccc(CBr)cc2C#N)c2ccccc21. The average Bonchev–Trinajstić information content (AvgIpc) is 2.55. The van der Waals surface area contributed by atoms with Gasteiger partial charge in [0.2, 0.25) is 0 Å². The van der Waals surface area contributed by atoms with Crippen molar-refractivity contribution in [3.8, 4) is 6.07 Å². The molecule has 0 radical (unpaired) electrons. The molecule has 0 aliphatic carbocycles. The number of nitriles is 1.